The van der Waals surface area contributed by atoms with Gasteiger partial charge < -0.3 is 9.67 Å². The van der Waals surface area contributed by atoms with Gasteiger partial charge in [0.15, 0.2) is 0 Å². The number of carboxylic acid groups (broad SMARTS) is 1. The SMILES string of the molecule is CCCCc1cn(-c2c(C(=O)O)ccn2C(C)C)c(=O)n1Cc1cnccc1-c1ccccc1-c1nn[nH]n1. The fraction of sp³-hybridized carbons (Fsp3) is 0.286. The van der Waals surface area contributed by atoms with Crippen molar-refractivity contribution in [2.75, 3.05) is 0 Å². The minimum Gasteiger partial charge on any atom is -0.478 e. The van der Waals surface area contributed by atoms with Gasteiger partial charge in [-0.15, -0.1) is 10.2 Å². The van der Waals surface area contributed by atoms with Gasteiger partial charge >= 0.3 is 11.7 Å². The van der Waals surface area contributed by atoms with Crippen LogP contribution in [0, 0.1) is 0 Å². The maximum Gasteiger partial charge on any atom is 0.339 e. The van der Waals surface area contributed by atoms with E-state index in [1.54, 1.807) is 35.4 Å². The Balaban J connectivity index is 1.65. The minimum absolute atomic E-state index is 0.0333. The van der Waals surface area contributed by atoms with E-state index in [0.29, 0.717) is 18.1 Å². The lowest BCUT2D eigenvalue weighted by Gasteiger charge is -2.14. The number of tetrazole rings is 1. The highest BCUT2D eigenvalue weighted by molar-refractivity contribution is 5.91. The van der Waals surface area contributed by atoms with Gasteiger partial charge in [0.2, 0.25) is 5.82 Å². The number of hydrogen-bond acceptors (Lipinski definition) is 6. The Kier molecular flexibility index (Phi) is 7.22. The normalized spacial score (nSPS) is 11.4. The Morgan fingerprint density at radius 3 is 2.59 bits per heavy atom. The van der Waals surface area contributed by atoms with E-state index in [9.17, 15) is 14.7 Å². The van der Waals surface area contributed by atoms with Gasteiger partial charge in [-0.05, 0) is 60.7 Å². The molecule has 200 valence electrons. The van der Waals surface area contributed by atoms with Crippen molar-refractivity contribution >= 4 is 5.97 Å². The summed E-state index contributed by atoms with van der Waals surface area (Å²) < 4.78 is 5.00. The first-order valence-corrected chi connectivity index (χ1v) is 12.9. The Hall–Kier alpha value is -4.80. The van der Waals surface area contributed by atoms with E-state index in [2.05, 4.69) is 32.5 Å². The van der Waals surface area contributed by atoms with Crippen molar-refractivity contribution in [2.24, 2.45) is 0 Å². The van der Waals surface area contributed by atoms with E-state index in [1.807, 2.05) is 48.7 Å². The third kappa shape index (κ3) is 4.90. The molecule has 1 aromatic carbocycles. The van der Waals surface area contributed by atoms with Crippen molar-refractivity contribution in [3.63, 3.8) is 0 Å². The molecule has 0 saturated heterocycles. The van der Waals surface area contributed by atoms with Crippen LogP contribution in [0.15, 0.2) is 66.0 Å². The molecule has 4 heterocycles. The van der Waals surface area contributed by atoms with Crippen LogP contribution in [-0.4, -0.2) is 50.4 Å². The summed E-state index contributed by atoms with van der Waals surface area (Å²) in [6.07, 6.45) is 9.49. The minimum atomic E-state index is -1.08. The average Bonchev–Trinajstić information content (AvgIpc) is 3.68. The number of aromatic carboxylic acids is 1. The van der Waals surface area contributed by atoms with Crippen LogP contribution >= 0.6 is 0 Å². The third-order valence-corrected chi connectivity index (χ3v) is 6.79. The number of aromatic amines is 1. The molecule has 0 bridgehead atoms. The second-order valence-corrected chi connectivity index (χ2v) is 9.64. The Morgan fingerprint density at radius 1 is 1.10 bits per heavy atom. The number of H-pyrrole nitrogens is 1. The zero-order valence-corrected chi connectivity index (χ0v) is 22.1. The molecule has 11 heteroatoms. The van der Waals surface area contributed by atoms with Gasteiger partial charge in [0.05, 0.1) is 6.54 Å². The number of carbonyl (C=O) groups is 1. The van der Waals surface area contributed by atoms with E-state index >= 15 is 0 Å². The van der Waals surface area contributed by atoms with E-state index in [4.69, 9.17) is 0 Å². The molecular formula is C28H30N8O3. The first-order chi connectivity index (χ1) is 18.9. The Labute approximate surface area is 224 Å². The summed E-state index contributed by atoms with van der Waals surface area (Å²) in [4.78, 5) is 30.4. The van der Waals surface area contributed by atoms with Crippen molar-refractivity contribution in [3.05, 3.63) is 88.5 Å². The molecule has 0 fully saturated rings. The fourth-order valence-corrected chi connectivity index (χ4v) is 4.86. The van der Waals surface area contributed by atoms with Crippen molar-refractivity contribution in [3.8, 4) is 28.3 Å². The summed E-state index contributed by atoms with van der Waals surface area (Å²) in [6, 6.07) is 11.2. The smallest absolute Gasteiger partial charge is 0.339 e. The van der Waals surface area contributed by atoms with Crippen LogP contribution in [0.2, 0.25) is 0 Å². The van der Waals surface area contributed by atoms with Gasteiger partial charge in [0.25, 0.3) is 0 Å². The van der Waals surface area contributed by atoms with Gasteiger partial charge in [0.1, 0.15) is 11.4 Å². The van der Waals surface area contributed by atoms with Crippen LogP contribution < -0.4 is 5.69 Å². The zero-order chi connectivity index (χ0) is 27.5. The molecule has 0 radical (unpaired) electrons. The number of nitrogens with zero attached hydrogens (tertiary/aromatic N) is 7. The molecule has 5 rings (SSSR count). The summed E-state index contributed by atoms with van der Waals surface area (Å²) in [7, 11) is 0. The van der Waals surface area contributed by atoms with Crippen molar-refractivity contribution in [1.29, 1.82) is 0 Å². The molecule has 5 aromatic rings. The third-order valence-electron chi connectivity index (χ3n) is 6.79. The summed E-state index contributed by atoms with van der Waals surface area (Å²) in [5.74, 6) is -0.254. The molecule has 11 nitrogen and oxygen atoms in total. The van der Waals surface area contributed by atoms with Crippen molar-refractivity contribution in [1.82, 2.24) is 39.3 Å². The Bertz CT molecular complexity index is 1660. The molecule has 0 saturated carbocycles. The summed E-state index contributed by atoms with van der Waals surface area (Å²) >= 11 is 0. The van der Waals surface area contributed by atoms with Crippen molar-refractivity contribution in [2.45, 2.75) is 52.6 Å². The Morgan fingerprint density at radius 2 is 1.90 bits per heavy atom. The van der Waals surface area contributed by atoms with Gasteiger partial charge in [-0.3, -0.25) is 14.1 Å². The van der Waals surface area contributed by atoms with Crippen LogP contribution in [0.1, 0.15) is 61.3 Å². The second-order valence-electron chi connectivity index (χ2n) is 9.64. The van der Waals surface area contributed by atoms with E-state index < -0.39 is 5.97 Å². The van der Waals surface area contributed by atoms with Gasteiger partial charge in [-0.2, -0.15) is 5.21 Å². The number of nitrogens with one attached hydrogen (secondary N) is 1. The molecule has 39 heavy (non-hydrogen) atoms. The van der Waals surface area contributed by atoms with Crippen LogP contribution in [0.25, 0.3) is 28.3 Å². The number of unbranched alkanes of at least 4 members (excludes halogenated alkanes) is 1. The lowest BCUT2D eigenvalue weighted by Crippen LogP contribution is -2.27. The van der Waals surface area contributed by atoms with Crippen molar-refractivity contribution < 1.29 is 9.90 Å². The first kappa shape index (κ1) is 25.8. The molecule has 2 N–H and O–H groups in total. The van der Waals surface area contributed by atoms with E-state index in [-0.39, 0.29) is 23.8 Å². The monoisotopic (exact) mass is 526 g/mol. The summed E-state index contributed by atoms with van der Waals surface area (Å²) in [6.45, 7) is 6.27. The molecular weight excluding hydrogens is 496 g/mol. The summed E-state index contributed by atoms with van der Waals surface area (Å²) in [5, 5.41) is 24.4. The highest BCUT2D eigenvalue weighted by Gasteiger charge is 2.23. The maximum absolute atomic E-state index is 14.0. The molecule has 0 aliphatic carbocycles. The number of imidazole rings is 1. The molecule has 0 spiro atoms. The maximum atomic E-state index is 14.0. The number of benzene rings is 1. The average molecular weight is 527 g/mol. The lowest BCUT2D eigenvalue weighted by molar-refractivity contribution is 0.0697. The van der Waals surface area contributed by atoms with Gasteiger partial charge in [-0.1, -0.05) is 37.6 Å². The number of aryl methyl sites for hydroxylation is 1. The van der Waals surface area contributed by atoms with Crippen LogP contribution in [0.3, 0.4) is 0 Å². The zero-order valence-electron chi connectivity index (χ0n) is 22.1. The number of rotatable bonds is 10. The predicted octanol–water partition coefficient (Wildman–Crippen LogP) is 4.35. The molecule has 0 atom stereocenters. The highest BCUT2D eigenvalue weighted by atomic mass is 16.4. The number of aromatic nitrogens is 8. The molecule has 0 amide bonds. The van der Waals surface area contributed by atoms with E-state index in [1.165, 1.54) is 4.57 Å². The summed E-state index contributed by atoms with van der Waals surface area (Å²) in [5.41, 5.74) is 4.03. The number of hydrogen-bond donors (Lipinski definition) is 2. The topological polar surface area (TPSA) is 137 Å². The molecule has 0 unspecified atom stereocenters. The lowest BCUT2D eigenvalue weighted by atomic mass is 9.96. The van der Waals surface area contributed by atoms with Gasteiger partial charge in [0, 0.05) is 42.1 Å². The first-order valence-electron chi connectivity index (χ1n) is 12.9. The van der Waals surface area contributed by atoms with E-state index in [0.717, 1.165) is 40.8 Å². The largest absolute Gasteiger partial charge is 0.478 e. The van der Waals surface area contributed by atoms with Crippen LogP contribution in [0.5, 0.6) is 0 Å². The number of pyridine rings is 1. The van der Waals surface area contributed by atoms with Gasteiger partial charge in [-0.25, -0.2) is 9.59 Å². The molecule has 0 aliphatic heterocycles. The second kappa shape index (κ2) is 10.9. The molecule has 0 aliphatic rings. The highest BCUT2D eigenvalue weighted by Crippen LogP contribution is 2.32. The molecule has 4 aromatic heterocycles. The standard InChI is InChI=1S/C28H30N8O3/c1-4-5-8-20-17-36(26-24(27(37)38)12-14-34(26)18(2)3)28(39)35(20)16-19-15-29-13-11-21(19)22-9-6-7-10-23(22)25-30-32-33-31-25/h6-7,9-15,17-18H,4-5,8,16H2,1-3H3,(H,37,38)(H,30,31,32,33). The predicted molar refractivity (Wildman–Crippen MR) is 146 cm³/mol. The fourth-order valence-electron chi connectivity index (χ4n) is 4.86. The van der Waals surface area contributed by atoms with Crippen LogP contribution in [0.4, 0.5) is 0 Å². The van der Waals surface area contributed by atoms with Crippen LogP contribution in [-0.2, 0) is 13.0 Å². The number of carboxylic acids is 1. The quantitative estimate of drug-likeness (QED) is 0.276.